The molecule has 0 aliphatic rings. The zero-order chi connectivity index (χ0) is 20.5. The summed E-state index contributed by atoms with van der Waals surface area (Å²) in [6, 6.07) is 13.8. The lowest BCUT2D eigenvalue weighted by molar-refractivity contribution is -0.147. The van der Waals surface area contributed by atoms with Gasteiger partial charge in [-0.15, -0.1) is 0 Å². The Morgan fingerprint density at radius 2 is 1.64 bits per heavy atom. The molecule has 0 spiro atoms. The molecular formula is C21H22N2O5. The Balaban J connectivity index is 1.72. The van der Waals surface area contributed by atoms with E-state index < -0.39 is 18.5 Å². The molecule has 0 aliphatic heterocycles. The third-order valence-corrected chi connectivity index (χ3v) is 3.89. The summed E-state index contributed by atoms with van der Waals surface area (Å²) in [5, 5.41) is 5.27. The predicted octanol–water partition coefficient (Wildman–Crippen LogP) is 3.10. The highest BCUT2D eigenvalue weighted by atomic mass is 16.5. The molecule has 0 aromatic heterocycles. The largest absolute Gasteiger partial charge is 0.456 e. The number of rotatable bonds is 8. The summed E-state index contributed by atoms with van der Waals surface area (Å²) in [5.74, 6) is -1.60. The van der Waals surface area contributed by atoms with Crippen molar-refractivity contribution >= 4 is 34.9 Å². The Hall–Kier alpha value is -3.48. The summed E-state index contributed by atoms with van der Waals surface area (Å²) >= 11 is 0. The molecule has 0 saturated heterocycles. The topological polar surface area (TPSA) is 102 Å². The summed E-state index contributed by atoms with van der Waals surface area (Å²) in [5.41, 5.74) is 2.51. The molecule has 0 heterocycles. The van der Waals surface area contributed by atoms with Gasteiger partial charge >= 0.3 is 5.97 Å². The molecule has 0 atom stereocenters. The zero-order valence-electron chi connectivity index (χ0n) is 15.8. The van der Waals surface area contributed by atoms with Crippen molar-refractivity contribution in [3.63, 3.8) is 0 Å². The van der Waals surface area contributed by atoms with E-state index in [1.807, 2.05) is 25.1 Å². The fourth-order valence-electron chi connectivity index (χ4n) is 2.37. The highest BCUT2D eigenvalue weighted by Gasteiger charge is 2.12. The number of ketones is 1. The van der Waals surface area contributed by atoms with E-state index >= 15 is 0 Å². The molecule has 0 saturated carbocycles. The van der Waals surface area contributed by atoms with Crippen molar-refractivity contribution in [2.45, 2.75) is 26.7 Å². The maximum atomic E-state index is 11.9. The molecule has 2 N–H and O–H groups in total. The van der Waals surface area contributed by atoms with Gasteiger partial charge in [-0.3, -0.25) is 19.2 Å². The number of hydrogen-bond acceptors (Lipinski definition) is 5. The molecule has 2 amide bonds. The van der Waals surface area contributed by atoms with Crippen molar-refractivity contribution in [1.29, 1.82) is 0 Å². The van der Waals surface area contributed by atoms with Crippen LogP contribution in [0.15, 0.2) is 48.5 Å². The van der Waals surface area contributed by atoms with E-state index in [-0.39, 0.29) is 24.5 Å². The van der Waals surface area contributed by atoms with Gasteiger partial charge in [0.1, 0.15) is 0 Å². The summed E-state index contributed by atoms with van der Waals surface area (Å²) in [4.78, 5) is 46.9. The molecule has 0 aliphatic carbocycles. The van der Waals surface area contributed by atoms with Crippen LogP contribution in [-0.2, 0) is 19.1 Å². The van der Waals surface area contributed by atoms with Gasteiger partial charge in [-0.05, 0) is 37.6 Å². The summed E-state index contributed by atoms with van der Waals surface area (Å²) in [7, 11) is 0. The number of anilines is 2. The molecule has 146 valence electrons. The van der Waals surface area contributed by atoms with Crippen LogP contribution in [0.1, 0.15) is 35.7 Å². The lowest BCUT2D eigenvalue weighted by Gasteiger charge is -2.09. The van der Waals surface area contributed by atoms with Crippen LogP contribution in [-0.4, -0.2) is 30.2 Å². The maximum absolute atomic E-state index is 11.9. The minimum Gasteiger partial charge on any atom is -0.456 e. The number of ether oxygens (including phenoxy) is 1. The second-order valence-corrected chi connectivity index (χ2v) is 6.21. The fraction of sp³-hybridized carbons (Fsp3) is 0.238. The van der Waals surface area contributed by atoms with Crippen LogP contribution in [0.25, 0.3) is 0 Å². The first-order valence-electron chi connectivity index (χ1n) is 8.77. The van der Waals surface area contributed by atoms with Crippen molar-refractivity contribution < 1.29 is 23.9 Å². The van der Waals surface area contributed by atoms with Gasteiger partial charge in [0, 0.05) is 23.4 Å². The molecule has 0 unspecified atom stereocenters. The van der Waals surface area contributed by atoms with Crippen molar-refractivity contribution in [2.75, 3.05) is 17.2 Å². The fourth-order valence-corrected chi connectivity index (χ4v) is 2.37. The zero-order valence-corrected chi connectivity index (χ0v) is 15.8. The average molecular weight is 382 g/mol. The lowest BCUT2D eigenvalue weighted by atomic mass is 10.1. The molecule has 7 heteroatoms. The molecule has 0 bridgehead atoms. The number of Topliss-reactive ketones (excluding diaryl/α,β-unsaturated/α-hetero) is 1. The van der Waals surface area contributed by atoms with Gasteiger partial charge < -0.3 is 15.4 Å². The molecule has 7 nitrogen and oxygen atoms in total. The van der Waals surface area contributed by atoms with E-state index in [0.29, 0.717) is 16.9 Å². The van der Waals surface area contributed by atoms with E-state index in [9.17, 15) is 19.2 Å². The molecule has 2 aromatic rings. The van der Waals surface area contributed by atoms with Gasteiger partial charge in [0.25, 0.3) is 5.91 Å². The standard InChI is InChI=1S/C21H22N2O5/c1-14-6-3-4-9-18(14)23-19(25)10-11-21(27)28-13-20(26)22-17-8-5-7-16(12-17)15(2)24/h3-9,12H,10-11,13H2,1-2H3,(H,22,26)(H,23,25). The molecule has 0 fully saturated rings. The van der Waals surface area contributed by atoms with Crippen molar-refractivity contribution in [2.24, 2.45) is 0 Å². The minimum atomic E-state index is -0.646. The van der Waals surface area contributed by atoms with Crippen molar-refractivity contribution in [3.05, 3.63) is 59.7 Å². The number of aryl methyl sites for hydroxylation is 1. The summed E-state index contributed by atoms with van der Waals surface area (Å²) < 4.78 is 4.88. The van der Waals surface area contributed by atoms with Gasteiger partial charge in [0.05, 0.1) is 6.42 Å². The predicted molar refractivity (Wildman–Crippen MR) is 105 cm³/mol. The van der Waals surface area contributed by atoms with Gasteiger partial charge in [-0.1, -0.05) is 30.3 Å². The number of benzene rings is 2. The van der Waals surface area contributed by atoms with E-state index in [2.05, 4.69) is 10.6 Å². The summed E-state index contributed by atoms with van der Waals surface area (Å²) in [6.07, 6.45) is -0.180. The first-order chi connectivity index (χ1) is 13.3. The molecule has 2 aromatic carbocycles. The van der Waals surface area contributed by atoms with Crippen LogP contribution in [0.2, 0.25) is 0 Å². The van der Waals surface area contributed by atoms with Gasteiger partial charge in [0.15, 0.2) is 12.4 Å². The Morgan fingerprint density at radius 3 is 2.36 bits per heavy atom. The second kappa shape index (κ2) is 10.0. The van der Waals surface area contributed by atoms with Gasteiger partial charge in [0.2, 0.25) is 5.91 Å². The number of esters is 1. The SMILES string of the molecule is CC(=O)c1cccc(NC(=O)COC(=O)CCC(=O)Nc2ccccc2C)c1. The first-order valence-corrected chi connectivity index (χ1v) is 8.77. The third-order valence-electron chi connectivity index (χ3n) is 3.89. The number of amides is 2. The van der Waals surface area contributed by atoms with Crippen LogP contribution in [0, 0.1) is 6.92 Å². The van der Waals surface area contributed by atoms with Crippen molar-refractivity contribution in [3.8, 4) is 0 Å². The van der Waals surface area contributed by atoms with Crippen LogP contribution in [0.3, 0.4) is 0 Å². The first kappa shape index (κ1) is 20.8. The van der Waals surface area contributed by atoms with Crippen LogP contribution >= 0.6 is 0 Å². The number of hydrogen-bond donors (Lipinski definition) is 2. The highest BCUT2D eigenvalue weighted by molar-refractivity contribution is 5.98. The number of carbonyl (C=O) groups is 4. The van der Waals surface area contributed by atoms with Crippen LogP contribution < -0.4 is 10.6 Å². The molecule has 28 heavy (non-hydrogen) atoms. The molecular weight excluding hydrogens is 360 g/mol. The Kier molecular flexibility index (Phi) is 7.45. The minimum absolute atomic E-state index is 0.0462. The van der Waals surface area contributed by atoms with Gasteiger partial charge in [-0.2, -0.15) is 0 Å². The number of para-hydroxylation sites is 1. The van der Waals surface area contributed by atoms with E-state index in [1.54, 1.807) is 24.3 Å². The van der Waals surface area contributed by atoms with Crippen LogP contribution in [0.4, 0.5) is 11.4 Å². The quantitative estimate of drug-likeness (QED) is 0.540. The highest BCUT2D eigenvalue weighted by Crippen LogP contribution is 2.14. The van der Waals surface area contributed by atoms with E-state index in [4.69, 9.17) is 4.74 Å². The Labute approximate surface area is 163 Å². The van der Waals surface area contributed by atoms with Crippen LogP contribution in [0.5, 0.6) is 0 Å². The van der Waals surface area contributed by atoms with E-state index in [0.717, 1.165) is 5.56 Å². The monoisotopic (exact) mass is 382 g/mol. The number of nitrogens with one attached hydrogen (secondary N) is 2. The second-order valence-electron chi connectivity index (χ2n) is 6.21. The smallest absolute Gasteiger partial charge is 0.306 e. The Bertz CT molecular complexity index is 892. The lowest BCUT2D eigenvalue weighted by Crippen LogP contribution is -2.22. The molecule has 0 radical (unpaired) electrons. The number of carbonyl (C=O) groups excluding carboxylic acids is 4. The summed E-state index contributed by atoms with van der Waals surface area (Å²) in [6.45, 7) is 2.83. The maximum Gasteiger partial charge on any atom is 0.306 e. The third kappa shape index (κ3) is 6.68. The van der Waals surface area contributed by atoms with E-state index in [1.165, 1.54) is 13.0 Å². The molecule has 2 rings (SSSR count). The average Bonchev–Trinajstić information content (AvgIpc) is 2.66. The van der Waals surface area contributed by atoms with Crippen molar-refractivity contribution in [1.82, 2.24) is 0 Å². The Morgan fingerprint density at radius 1 is 0.893 bits per heavy atom. The van der Waals surface area contributed by atoms with Gasteiger partial charge in [-0.25, -0.2) is 0 Å². The normalized spacial score (nSPS) is 10.1.